The Kier molecular flexibility index (Phi) is 5.39. The highest BCUT2D eigenvalue weighted by atomic mass is 32.2. The lowest BCUT2D eigenvalue weighted by Crippen LogP contribution is -2.38. The molecule has 0 aliphatic heterocycles. The highest BCUT2D eigenvalue weighted by Crippen LogP contribution is 2.31. The predicted octanol–water partition coefficient (Wildman–Crippen LogP) is 0.939. The maximum atomic E-state index is 12.0. The van der Waals surface area contributed by atoms with Gasteiger partial charge in [-0.2, -0.15) is 13.0 Å². The van der Waals surface area contributed by atoms with Crippen molar-refractivity contribution < 1.29 is 36.9 Å². The lowest BCUT2D eigenvalue weighted by Gasteiger charge is -2.15. The van der Waals surface area contributed by atoms with Gasteiger partial charge in [-0.05, 0) is 24.3 Å². The quantitative estimate of drug-likeness (QED) is 0.353. The van der Waals surface area contributed by atoms with Crippen molar-refractivity contribution in [2.24, 2.45) is 0 Å². The number of pyridine rings is 1. The number of aromatic carboxylic acids is 1. The summed E-state index contributed by atoms with van der Waals surface area (Å²) in [7, 11) is -1.17. The summed E-state index contributed by atoms with van der Waals surface area (Å²) in [6.45, 7) is 0.215. The normalized spacial score (nSPS) is 11.7. The molecule has 3 rings (SSSR count). The number of aryl methyl sites for hydroxylation is 1. The van der Waals surface area contributed by atoms with Gasteiger partial charge in [-0.15, -0.1) is 0 Å². The molecule has 0 atom stereocenters. The first-order valence-electron chi connectivity index (χ1n) is 8.43. The number of hydrogen-bond donors (Lipinski definition) is 1. The van der Waals surface area contributed by atoms with Gasteiger partial charge in [0.05, 0.1) is 36.7 Å². The summed E-state index contributed by atoms with van der Waals surface area (Å²) in [4.78, 5) is 12.0. The summed E-state index contributed by atoms with van der Waals surface area (Å²) >= 11 is 0. The fraction of sp³-hybridized carbons (Fsp3) is 0.263. The second kappa shape index (κ2) is 7.61. The zero-order valence-electron chi connectivity index (χ0n) is 15.3. The number of methoxy groups -OCH3 is 2. The summed E-state index contributed by atoms with van der Waals surface area (Å²) in [5.74, 6) is -0.857. The third-order valence-corrected chi connectivity index (χ3v) is 5.31. The fourth-order valence-corrected chi connectivity index (χ4v) is 3.86. The number of hydrogen-bond acceptors (Lipinski definition) is 6. The summed E-state index contributed by atoms with van der Waals surface area (Å²) in [6.07, 6.45) is 0.127. The summed E-state index contributed by atoms with van der Waals surface area (Å²) < 4.78 is 43.7. The van der Waals surface area contributed by atoms with Gasteiger partial charge >= 0.3 is 0 Å². The molecule has 2 aromatic carbocycles. The minimum atomic E-state index is -4.12. The standard InChI is InChI=1S/C19H19NO7S/c1-26-12-7-8-15-14(11-12)17(19(21)22)13-5-3-6-16(27-2)18(13)20(15)9-4-10-28(23,24)25/h3,5-8,11H,4,9-10H2,1-2H3,(H-,21,22,23,24,25). The van der Waals surface area contributed by atoms with Crippen LogP contribution in [0.15, 0.2) is 36.4 Å². The number of rotatable bonds is 7. The van der Waals surface area contributed by atoms with E-state index >= 15 is 0 Å². The third-order valence-electron chi connectivity index (χ3n) is 4.51. The van der Waals surface area contributed by atoms with Gasteiger partial charge in [-0.3, -0.25) is 4.55 Å². The number of nitrogens with zero attached hydrogens (tertiary/aromatic N) is 1. The molecule has 28 heavy (non-hydrogen) atoms. The smallest absolute Gasteiger partial charge is 0.265 e. The van der Waals surface area contributed by atoms with Gasteiger partial charge in [-0.1, -0.05) is 6.07 Å². The topological polar surface area (TPSA) is 117 Å². The van der Waals surface area contributed by atoms with Crippen molar-refractivity contribution in [1.29, 1.82) is 0 Å². The number of ether oxygens (including phenoxy) is 2. The number of benzene rings is 2. The molecule has 1 aromatic heterocycles. The van der Waals surface area contributed by atoms with E-state index in [1.165, 1.54) is 14.2 Å². The first kappa shape index (κ1) is 19.8. The lowest BCUT2D eigenvalue weighted by molar-refractivity contribution is -0.645. The number of para-hydroxylation sites is 1. The molecule has 0 bridgehead atoms. The molecular formula is C19H19NO7S. The highest BCUT2D eigenvalue weighted by Gasteiger charge is 2.25. The van der Waals surface area contributed by atoms with Crippen LogP contribution in [0.3, 0.4) is 0 Å². The highest BCUT2D eigenvalue weighted by molar-refractivity contribution is 7.85. The van der Waals surface area contributed by atoms with Crippen molar-refractivity contribution in [2.45, 2.75) is 13.0 Å². The minimum Gasteiger partial charge on any atom is -0.545 e. The van der Waals surface area contributed by atoms with Crippen LogP contribution in [0.2, 0.25) is 0 Å². The summed E-state index contributed by atoms with van der Waals surface area (Å²) in [6, 6.07) is 9.97. The van der Waals surface area contributed by atoms with Crippen molar-refractivity contribution in [3.8, 4) is 11.5 Å². The molecule has 148 valence electrons. The zero-order chi connectivity index (χ0) is 20.5. The zero-order valence-corrected chi connectivity index (χ0v) is 16.2. The molecule has 0 amide bonds. The van der Waals surface area contributed by atoms with E-state index in [1.807, 2.05) is 0 Å². The Labute approximate surface area is 161 Å². The molecule has 0 aliphatic carbocycles. The SMILES string of the molecule is COc1ccc2c(c1)c(C(=O)[O-])c1cccc(OC)c1[n+]2CCCS(=O)(=O)O. The number of fused-ring (bicyclic) bond motifs is 2. The van der Waals surface area contributed by atoms with Gasteiger partial charge in [0, 0.05) is 18.1 Å². The summed E-state index contributed by atoms with van der Waals surface area (Å²) in [5.41, 5.74) is 1.04. The molecule has 0 fully saturated rings. The van der Waals surface area contributed by atoms with E-state index in [0.717, 1.165) is 0 Å². The van der Waals surface area contributed by atoms with Crippen LogP contribution in [-0.4, -0.2) is 38.9 Å². The van der Waals surface area contributed by atoms with Gasteiger partial charge in [-0.25, -0.2) is 0 Å². The second-order valence-corrected chi connectivity index (χ2v) is 7.77. The number of carboxylic acid groups (broad SMARTS) is 1. The van der Waals surface area contributed by atoms with Crippen LogP contribution in [0.5, 0.6) is 11.5 Å². The van der Waals surface area contributed by atoms with Crippen LogP contribution in [0.1, 0.15) is 16.8 Å². The summed E-state index contributed by atoms with van der Waals surface area (Å²) in [5, 5.41) is 12.8. The van der Waals surface area contributed by atoms with Crippen molar-refractivity contribution >= 4 is 37.9 Å². The van der Waals surface area contributed by atoms with E-state index in [4.69, 9.17) is 14.0 Å². The maximum absolute atomic E-state index is 12.0. The Bertz CT molecular complexity index is 1170. The van der Waals surface area contributed by atoms with E-state index in [2.05, 4.69) is 0 Å². The number of aromatic nitrogens is 1. The Morgan fingerprint density at radius 2 is 1.89 bits per heavy atom. The molecule has 1 heterocycles. The van der Waals surface area contributed by atoms with Crippen LogP contribution in [0, 0.1) is 0 Å². The van der Waals surface area contributed by atoms with E-state index in [-0.39, 0.29) is 18.5 Å². The molecule has 0 unspecified atom stereocenters. The first-order valence-corrected chi connectivity index (χ1v) is 10.0. The van der Waals surface area contributed by atoms with Crippen LogP contribution >= 0.6 is 0 Å². The molecule has 0 spiro atoms. The molecular weight excluding hydrogens is 386 g/mol. The lowest BCUT2D eigenvalue weighted by atomic mass is 10.0. The van der Waals surface area contributed by atoms with Gasteiger partial charge in [0.15, 0.2) is 12.3 Å². The Morgan fingerprint density at radius 1 is 1.14 bits per heavy atom. The van der Waals surface area contributed by atoms with Crippen molar-refractivity contribution in [2.75, 3.05) is 20.0 Å². The van der Waals surface area contributed by atoms with Crippen molar-refractivity contribution in [3.05, 3.63) is 42.0 Å². The first-order chi connectivity index (χ1) is 13.3. The largest absolute Gasteiger partial charge is 0.545 e. The second-order valence-electron chi connectivity index (χ2n) is 6.19. The van der Waals surface area contributed by atoms with E-state index in [1.54, 1.807) is 41.0 Å². The monoisotopic (exact) mass is 405 g/mol. The van der Waals surface area contributed by atoms with Gasteiger partial charge in [0.1, 0.15) is 5.75 Å². The molecule has 9 heteroatoms. The molecule has 3 aromatic rings. The Balaban J connectivity index is 2.39. The van der Waals surface area contributed by atoms with E-state index in [0.29, 0.717) is 33.3 Å². The molecule has 0 aliphatic rings. The van der Waals surface area contributed by atoms with Crippen LogP contribution in [0.4, 0.5) is 0 Å². The number of carbonyl (C=O) groups is 1. The molecule has 8 nitrogen and oxygen atoms in total. The fourth-order valence-electron chi connectivity index (χ4n) is 3.37. The number of carboxylic acids is 1. The average molecular weight is 405 g/mol. The van der Waals surface area contributed by atoms with E-state index in [9.17, 15) is 18.3 Å². The predicted molar refractivity (Wildman–Crippen MR) is 100 cm³/mol. The molecule has 0 saturated carbocycles. The third kappa shape index (κ3) is 3.71. The molecule has 0 radical (unpaired) electrons. The van der Waals surface area contributed by atoms with Crippen LogP contribution in [-0.2, 0) is 16.7 Å². The van der Waals surface area contributed by atoms with E-state index < -0.39 is 21.8 Å². The maximum Gasteiger partial charge on any atom is 0.265 e. The van der Waals surface area contributed by atoms with Gasteiger partial charge in [0.2, 0.25) is 5.52 Å². The molecule has 0 saturated heterocycles. The Hall–Kier alpha value is -2.91. The van der Waals surface area contributed by atoms with Gasteiger partial charge < -0.3 is 19.4 Å². The van der Waals surface area contributed by atoms with Gasteiger partial charge in [0.25, 0.3) is 15.6 Å². The number of carbonyl (C=O) groups excluding carboxylic acids is 1. The van der Waals surface area contributed by atoms with Crippen molar-refractivity contribution in [1.82, 2.24) is 0 Å². The van der Waals surface area contributed by atoms with Crippen LogP contribution in [0.25, 0.3) is 21.8 Å². The Morgan fingerprint density at radius 3 is 2.50 bits per heavy atom. The minimum absolute atomic E-state index is 0.00571. The molecule has 1 N–H and O–H groups in total. The average Bonchev–Trinajstić information content (AvgIpc) is 2.65. The van der Waals surface area contributed by atoms with Crippen LogP contribution < -0.4 is 19.1 Å². The van der Waals surface area contributed by atoms with Crippen molar-refractivity contribution in [3.63, 3.8) is 0 Å².